The topological polar surface area (TPSA) is 26.0 Å². The molecule has 1 heterocycles. The normalized spacial score (nSPS) is 12.7. The number of nitrogens with two attached hydrogens (primary N) is 1. The molecule has 0 aliphatic rings. The van der Waals surface area contributed by atoms with E-state index in [4.69, 9.17) is 5.73 Å². The maximum atomic E-state index is 6.35. The van der Waals surface area contributed by atoms with Gasteiger partial charge in [-0.05, 0) is 41.3 Å². The van der Waals surface area contributed by atoms with Gasteiger partial charge in [-0.3, -0.25) is 0 Å². The van der Waals surface area contributed by atoms with Gasteiger partial charge in [-0.25, -0.2) is 0 Å². The number of aryl methyl sites for hydroxylation is 1. The lowest BCUT2D eigenvalue weighted by atomic mass is 10.0. The first kappa shape index (κ1) is 13.3. The minimum Gasteiger partial charge on any atom is -0.323 e. The highest BCUT2D eigenvalue weighted by molar-refractivity contribution is 7.12. The highest BCUT2D eigenvalue weighted by Gasteiger charge is 2.10. The molecule has 2 aromatic carbocycles. The van der Waals surface area contributed by atoms with E-state index in [1.165, 1.54) is 26.1 Å². The maximum absolute atomic E-state index is 6.35. The van der Waals surface area contributed by atoms with Crippen LogP contribution in [0.3, 0.4) is 0 Å². The van der Waals surface area contributed by atoms with Crippen molar-refractivity contribution < 1.29 is 0 Å². The maximum Gasteiger partial charge on any atom is 0.0430 e. The molecule has 0 fully saturated rings. The van der Waals surface area contributed by atoms with Gasteiger partial charge in [0, 0.05) is 15.8 Å². The predicted molar refractivity (Wildman–Crippen MR) is 88.3 cm³/mol. The van der Waals surface area contributed by atoms with Gasteiger partial charge >= 0.3 is 0 Å². The van der Waals surface area contributed by atoms with Gasteiger partial charge in [0.25, 0.3) is 0 Å². The Kier molecular flexibility index (Phi) is 3.86. The lowest BCUT2D eigenvalue weighted by molar-refractivity contribution is 0.737. The predicted octanol–water partition coefficient (Wildman–Crippen LogP) is 4.71. The van der Waals surface area contributed by atoms with Crippen LogP contribution in [0.1, 0.15) is 28.3 Å². The summed E-state index contributed by atoms with van der Waals surface area (Å²) in [5, 5.41) is 2.58. The quantitative estimate of drug-likeness (QED) is 0.736. The van der Waals surface area contributed by atoms with Gasteiger partial charge in [0.15, 0.2) is 0 Å². The molecule has 1 nitrogen and oxygen atoms in total. The summed E-state index contributed by atoms with van der Waals surface area (Å²) in [6, 6.07) is 19.6. The highest BCUT2D eigenvalue weighted by atomic mass is 32.1. The molecule has 0 radical (unpaired) electrons. The zero-order valence-corrected chi connectivity index (χ0v) is 12.5. The van der Waals surface area contributed by atoms with E-state index in [9.17, 15) is 0 Å². The largest absolute Gasteiger partial charge is 0.323 e. The van der Waals surface area contributed by atoms with E-state index >= 15 is 0 Å². The van der Waals surface area contributed by atoms with Crippen LogP contribution in [0.4, 0.5) is 0 Å². The van der Waals surface area contributed by atoms with Crippen LogP contribution in [-0.2, 0) is 12.8 Å². The first-order valence-corrected chi connectivity index (χ1v) is 7.90. The molecule has 1 atom stereocenters. The van der Waals surface area contributed by atoms with Gasteiger partial charge in [-0.1, -0.05) is 49.4 Å². The average Bonchev–Trinajstić information content (AvgIpc) is 2.96. The van der Waals surface area contributed by atoms with Crippen molar-refractivity contribution in [3.63, 3.8) is 0 Å². The Bertz CT molecular complexity index is 714. The van der Waals surface area contributed by atoms with Crippen molar-refractivity contribution in [2.45, 2.75) is 25.8 Å². The van der Waals surface area contributed by atoms with Crippen LogP contribution in [0.15, 0.2) is 54.6 Å². The Hall–Kier alpha value is -1.64. The second-order valence-corrected chi connectivity index (χ2v) is 6.35. The number of thiophene rings is 1. The minimum absolute atomic E-state index is 0.0986. The summed E-state index contributed by atoms with van der Waals surface area (Å²) in [4.78, 5) is 2.70. The Morgan fingerprint density at radius 2 is 1.80 bits per heavy atom. The smallest absolute Gasteiger partial charge is 0.0430 e. The van der Waals surface area contributed by atoms with Crippen molar-refractivity contribution in [1.82, 2.24) is 0 Å². The molecule has 1 aromatic heterocycles. The summed E-state index contributed by atoms with van der Waals surface area (Å²) in [6.45, 7) is 2.18. The van der Waals surface area contributed by atoms with E-state index in [1.54, 1.807) is 0 Å². The minimum atomic E-state index is 0.0986. The van der Waals surface area contributed by atoms with Crippen molar-refractivity contribution in [1.29, 1.82) is 0 Å². The molecule has 0 saturated heterocycles. The molecule has 0 amide bonds. The van der Waals surface area contributed by atoms with Crippen LogP contribution in [0.2, 0.25) is 0 Å². The van der Waals surface area contributed by atoms with Crippen LogP contribution in [0, 0.1) is 0 Å². The average molecular weight is 281 g/mol. The summed E-state index contributed by atoms with van der Waals surface area (Å²) >= 11 is 1.84. The molecule has 0 aliphatic heterocycles. The molecule has 0 aliphatic carbocycles. The van der Waals surface area contributed by atoms with E-state index in [2.05, 4.69) is 61.5 Å². The van der Waals surface area contributed by atoms with Crippen LogP contribution in [0.5, 0.6) is 0 Å². The van der Waals surface area contributed by atoms with Gasteiger partial charge in [-0.15, -0.1) is 11.3 Å². The van der Waals surface area contributed by atoms with Gasteiger partial charge in [0.05, 0.1) is 0 Å². The third-order valence-corrected chi connectivity index (χ3v) is 5.03. The molecular weight excluding hydrogens is 262 g/mol. The first-order valence-electron chi connectivity index (χ1n) is 7.08. The lowest BCUT2D eigenvalue weighted by Crippen LogP contribution is -2.11. The molecule has 102 valence electrons. The van der Waals surface area contributed by atoms with Gasteiger partial charge in [0.1, 0.15) is 0 Å². The summed E-state index contributed by atoms with van der Waals surface area (Å²) in [7, 11) is 0. The second kappa shape index (κ2) is 5.78. The first-order chi connectivity index (χ1) is 9.76. The van der Waals surface area contributed by atoms with E-state index in [1.807, 2.05) is 11.3 Å². The van der Waals surface area contributed by atoms with Gasteiger partial charge in [0.2, 0.25) is 0 Å². The third kappa shape index (κ3) is 2.77. The highest BCUT2D eigenvalue weighted by Crippen LogP contribution is 2.26. The standard InChI is InChI=1S/C18H19NS/c1-2-16-9-10-18(20-16)17(19)12-13-7-8-14-5-3-4-6-15(14)11-13/h3-11,17H,2,12,19H2,1H3. The monoisotopic (exact) mass is 281 g/mol. The summed E-state index contributed by atoms with van der Waals surface area (Å²) < 4.78 is 0. The van der Waals surface area contributed by atoms with Gasteiger partial charge < -0.3 is 5.73 Å². The van der Waals surface area contributed by atoms with Crippen LogP contribution in [0.25, 0.3) is 10.8 Å². The summed E-state index contributed by atoms with van der Waals surface area (Å²) in [6.07, 6.45) is 1.99. The Morgan fingerprint density at radius 1 is 1.00 bits per heavy atom. The molecule has 20 heavy (non-hydrogen) atoms. The summed E-state index contributed by atoms with van der Waals surface area (Å²) in [5.41, 5.74) is 7.66. The molecular formula is C18H19NS. The third-order valence-electron chi connectivity index (χ3n) is 3.67. The zero-order chi connectivity index (χ0) is 13.9. The zero-order valence-electron chi connectivity index (χ0n) is 11.7. The van der Waals surface area contributed by atoms with E-state index < -0.39 is 0 Å². The fourth-order valence-electron chi connectivity index (χ4n) is 2.50. The number of benzene rings is 2. The van der Waals surface area contributed by atoms with Crippen molar-refractivity contribution >= 4 is 22.1 Å². The summed E-state index contributed by atoms with van der Waals surface area (Å²) in [5.74, 6) is 0. The molecule has 0 bridgehead atoms. The number of hydrogen-bond donors (Lipinski definition) is 1. The Labute approximate surface area is 124 Å². The second-order valence-electron chi connectivity index (χ2n) is 5.15. The fraction of sp³-hybridized carbons (Fsp3) is 0.222. The molecule has 3 aromatic rings. The number of rotatable bonds is 4. The van der Waals surface area contributed by atoms with Crippen molar-refractivity contribution in [3.8, 4) is 0 Å². The van der Waals surface area contributed by atoms with Crippen molar-refractivity contribution in [2.24, 2.45) is 5.73 Å². The molecule has 3 rings (SSSR count). The van der Waals surface area contributed by atoms with Crippen LogP contribution in [-0.4, -0.2) is 0 Å². The molecule has 0 saturated carbocycles. The van der Waals surface area contributed by atoms with Crippen molar-refractivity contribution in [2.75, 3.05) is 0 Å². The molecule has 2 heteroatoms. The van der Waals surface area contributed by atoms with E-state index in [0.717, 1.165) is 12.8 Å². The van der Waals surface area contributed by atoms with Crippen LogP contribution < -0.4 is 5.73 Å². The lowest BCUT2D eigenvalue weighted by Gasteiger charge is -2.10. The Balaban J connectivity index is 1.81. The molecule has 2 N–H and O–H groups in total. The van der Waals surface area contributed by atoms with Crippen LogP contribution >= 0.6 is 11.3 Å². The number of hydrogen-bond acceptors (Lipinski definition) is 2. The van der Waals surface area contributed by atoms with E-state index in [0.29, 0.717) is 0 Å². The fourth-order valence-corrected chi connectivity index (χ4v) is 3.46. The van der Waals surface area contributed by atoms with Gasteiger partial charge in [-0.2, -0.15) is 0 Å². The van der Waals surface area contributed by atoms with Crippen molar-refractivity contribution in [3.05, 3.63) is 69.9 Å². The van der Waals surface area contributed by atoms with E-state index in [-0.39, 0.29) is 6.04 Å². The molecule has 1 unspecified atom stereocenters. The SMILES string of the molecule is CCc1ccc(C(N)Cc2ccc3ccccc3c2)s1. The number of fused-ring (bicyclic) bond motifs is 1. The Morgan fingerprint density at radius 3 is 2.55 bits per heavy atom. The molecule has 0 spiro atoms.